The van der Waals surface area contributed by atoms with E-state index in [-0.39, 0.29) is 24.6 Å². The maximum Gasteiger partial charge on any atom is 0.307 e. The van der Waals surface area contributed by atoms with Gasteiger partial charge in [0.1, 0.15) is 12.2 Å². The first-order valence-electron chi connectivity index (χ1n) is 8.63. The van der Waals surface area contributed by atoms with E-state index in [1.54, 1.807) is 6.08 Å². The van der Waals surface area contributed by atoms with E-state index in [9.17, 15) is 14.4 Å². The van der Waals surface area contributed by atoms with E-state index >= 15 is 0 Å². The molecule has 0 N–H and O–H groups in total. The van der Waals surface area contributed by atoms with Crippen molar-refractivity contribution in [2.24, 2.45) is 5.41 Å². The molecular formula is C20H26O5. The molecule has 25 heavy (non-hydrogen) atoms. The molecule has 1 saturated heterocycles. The zero-order valence-electron chi connectivity index (χ0n) is 15.3. The fraction of sp³-hybridized carbons (Fsp3) is 0.550. The van der Waals surface area contributed by atoms with Gasteiger partial charge >= 0.3 is 11.9 Å². The van der Waals surface area contributed by atoms with Crippen molar-refractivity contribution >= 4 is 17.7 Å². The van der Waals surface area contributed by atoms with Gasteiger partial charge in [-0.1, -0.05) is 17.2 Å². The molecule has 2 aliphatic rings. The van der Waals surface area contributed by atoms with E-state index < -0.39 is 23.6 Å². The van der Waals surface area contributed by atoms with Crippen LogP contribution in [0.2, 0.25) is 0 Å². The van der Waals surface area contributed by atoms with Crippen molar-refractivity contribution in [1.82, 2.24) is 0 Å². The average Bonchev–Trinajstić information content (AvgIpc) is 2.78. The van der Waals surface area contributed by atoms with Crippen molar-refractivity contribution < 1.29 is 23.9 Å². The lowest BCUT2D eigenvalue weighted by Gasteiger charge is -2.34. The zero-order chi connectivity index (χ0) is 18.6. The molecule has 1 heterocycles. The molecule has 1 spiro atoms. The Kier molecular flexibility index (Phi) is 5.98. The fourth-order valence-corrected chi connectivity index (χ4v) is 3.38. The third-order valence-electron chi connectivity index (χ3n) is 4.63. The summed E-state index contributed by atoms with van der Waals surface area (Å²) in [5.74, 6) is -0.932. The van der Waals surface area contributed by atoms with Crippen LogP contribution in [-0.2, 0) is 23.9 Å². The molecule has 1 fully saturated rings. The third kappa shape index (κ3) is 4.68. The van der Waals surface area contributed by atoms with E-state index in [1.807, 2.05) is 13.0 Å². The van der Waals surface area contributed by atoms with Gasteiger partial charge in [0.25, 0.3) is 0 Å². The number of hydrogen-bond donors (Lipinski definition) is 0. The molecular weight excluding hydrogens is 320 g/mol. The summed E-state index contributed by atoms with van der Waals surface area (Å²) in [4.78, 5) is 35.8. The number of ketones is 1. The number of rotatable bonds is 5. The van der Waals surface area contributed by atoms with Crippen LogP contribution in [0.1, 0.15) is 53.4 Å². The van der Waals surface area contributed by atoms with Crippen LogP contribution in [0.15, 0.2) is 35.5 Å². The van der Waals surface area contributed by atoms with Crippen molar-refractivity contribution in [3.05, 3.63) is 35.5 Å². The van der Waals surface area contributed by atoms with E-state index in [0.717, 1.165) is 18.4 Å². The number of esters is 2. The summed E-state index contributed by atoms with van der Waals surface area (Å²) >= 11 is 0. The number of cyclic esters (lactones) is 1. The van der Waals surface area contributed by atoms with E-state index in [0.29, 0.717) is 0 Å². The van der Waals surface area contributed by atoms with Gasteiger partial charge in [-0.3, -0.25) is 14.4 Å². The summed E-state index contributed by atoms with van der Waals surface area (Å²) in [6.07, 6.45) is 7.96. The highest BCUT2D eigenvalue weighted by atomic mass is 16.6. The van der Waals surface area contributed by atoms with Crippen LogP contribution in [0.5, 0.6) is 0 Å². The van der Waals surface area contributed by atoms with Gasteiger partial charge < -0.3 is 9.47 Å². The summed E-state index contributed by atoms with van der Waals surface area (Å²) in [5.41, 5.74) is 1.36. The first kappa shape index (κ1) is 19.2. The van der Waals surface area contributed by atoms with Crippen molar-refractivity contribution in [2.45, 2.75) is 65.6 Å². The van der Waals surface area contributed by atoms with Gasteiger partial charge in [-0.2, -0.15) is 0 Å². The summed E-state index contributed by atoms with van der Waals surface area (Å²) < 4.78 is 10.7. The average molecular weight is 346 g/mol. The molecule has 5 heteroatoms. The van der Waals surface area contributed by atoms with Crippen molar-refractivity contribution in [3.63, 3.8) is 0 Å². The Balaban J connectivity index is 2.20. The van der Waals surface area contributed by atoms with Gasteiger partial charge in [-0.25, -0.2) is 0 Å². The van der Waals surface area contributed by atoms with E-state index in [1.165, 1.54) is 18.6 Å². The normalized spacial score (nSPS) is 28.9. The van der Waals surface area contributed by atoms with Crippen LogP contribution in [-0.4, -0.2) is 29.9 Å². The zero-order valence-corrected chi connectivity index (χ0v) is 15.3. The van der Waals surface area contributed by atoms with Crippen LogP contribution in [0.25, 0.3) is 0 Å². The second-order valence-corrected chi connectivity index (χ2v) is 7.15. The van der Waals surface area contributed by atoms with Gasteiger partial charge in [-0.15, -0.1) is 0 Å². The molecule has 136 valence electrons. The molecule has 2 rings (SSSR count). The van der Waals surface area contributed by atoms with Crippen LogP contribution in [0.4, 0.5) is 0 Å². The Morgan fingerprint density at radius 2 is 2.04 bits per heavy atom. The Morgan fingerprint density at radius 1 is 1.32 bits per heavy atom. The second kappa shape index (κ2) is 7.81. The summed E-state index contributed by atoms with van der Waals surface area (Å²) in [5, 5.41) is 0. The standard InChI is InChI=1S/C20H26O5/c1-13(2)6-5-7-14(3)10-18-20(12-19(23)25-18)11-16(24-15(4)21)8-9-17(20)22/h6,8-10,16,18H,5,7,11-12H2,1-4H3/b14-10+/t16-,18+,20+/m1/s1. The number of carbonyl (C=O) groups is 3. The highest BCUT2D eigenvalue weighted by Gasteiger charge is 2.55. The van der Waals surface area contributed by atoms with Crippen LogP contribution >= 0.6 is 0 Å². The number of carbonyl (C=O) groups excluding carboxylic acids is 3. The van der Waals surface area contributed by atoms with E-state index in [2.05, 4.69) is 19.9 Å². The number of allylic oxidation sites excluding steroid dienone is 4. The van der Waals surface area contributed by atoms with Crippen molar-refractivity contribution in [1.29, 1.82) is 0 Å². The first-order valence-corrected chi connectivity index (χ1v) is 8.63. The Hall–Kier alpha value is -2.17. The Bertz CT molecular complexity index is 651. The first-order chi connectivity index (χ1) is 11.7. The largest absolute Gasteiger partial charge is 0.458 e. The van der Waals surface area contributed by atoms with Gasteiger partial charge in [0.15, 0.2) is 5.78 Å². The summed E-state index contributed by atoms with van der Waals surface area (Å²) in [6, 6.07) is 0. The topological polar surface area (TPSA) is 69.7 Å². The van der Waals surface area contributed by atoms with Gasteiger partial charge in [0.05, 0.1) is 11.8 Å². The van der Waals surface area contributed by atoms with Crippen molar-refractivity contribution in [2.75, 3.05) is 0 Å². The van der Waals surface area contributed by atoms with E-state index in [4.69, 9.17) is 9.47 Å². The third-order valence-corrected chi connectivity index (χ3v) is 4.63. The molecule has 0 radical (unpaired) electrons. The Labute approximate surface area is 148 Å². The maximum atomic E-state index is 12.6. The molecule has 0 aromatic rings. The minimum Gasteiger partial charge on any atom is -0.458 e. The molecule has 0 aromatic heterocycles. The predicted molar refractivity (Wildman–Crippen MR) is 93.7 cm³/mol. The van der Waals surface area contributed by atoms with Gasteiger partial charge in [0.2, 0.25) is 0 Å². The molecule has 0 amide bonds. The molecule has 0 saturated carbocycles. The summed E-state index contributed by atoms with van der Waals surface area (Å²) in [7, 11) is 0. The lowest BCUT2D eigenvalue weighted by Crippen LogP contribution is -2.43. The molecule has 0 unspecified atom stereocenters. The Morgan fingerprint density at radius 3 is 2.68 bits per heavy atom. The smallest absolute Gasteiger partial charge is 0.307 e. The molecule has 1 aliphatic heterocycles. The quantitative estimate of drug-likeness (QED) is 0.563. The van der Waals surface area contributed by atoms with Crippen LogP contribution in [0, 0.1) is 5.41 Å². The van der Waals surface area contributed by atoms with Crippen molar-refractivity contribution in [3.8, 4) is 0 Å². The number of ether oxygens (including phenoxy) is 2. The molecule has 0 aromatic carbocycles. The van der Waals surface area contributed by atoms with Gasteiger partial charge in [-0.05, 0) is 51.8 Å². The highest BCUT2D eigenvalue weighted by Crippen LogP contribution is 2.45. The molecule has 5 nitrogen and oxygen atoms in total. The molecule has 3 atom stereocenters. The minimum absolute atomic E-state index is 0.0242. The number of hydrogen-bond acceptors (Lipinski definition) is 5. The van der Waals surface area contributed by atoms with Crippen LogP contribution in [0.3, 0.4) is 0 Å². The monoisotopic (exact) mass is 346 g/mol. The SMILES string of the molecule is CC(=O)O[C@@H]1C=CC(=O)[C@@]2(CC(=O)O[C@H]2/C=C(\C)CCC=C(C)C)C1. The predicted octanol–water partition coefficient (Wildman–Crippen LogP) is 3.44. The minimum atomic E-state index is -0.969. The summed E-state index contributed by atoms with van der Waals surface area (Å²) in [6.45, 7) is 7.41. The fourth-order valence-electron chi connectivity index (χ4n) is 3.38. The second-order valence-electron chi connectivity index (χ2n) is 7.15. The molecule has 0 bridgehead atoms. The molecule has 1 aliphatic carbocycles. The lowest BCUT2D eigenvalue weighted by atomic mass is 9.69. The van der Waals surface area contributed by atoms with Crippen LogP contribution < -0.4 is 0 Å². The maximum absolute atomic E-state index is 12.6. The highest BCUT2D eigenvalue weighted by molar-refractivity contribution is 6.00. The van der Waals surface area contributed by atoms with Gasteiger partial charge in [0, 0.05) is 13.3 Å². The lowest BCUT2D eigenvalue weighted by molar-refractivity contribution is -0.148.